The second kappa shape index (κ2) is 4.84. The lowest BCUT2D eigenvalue weighted by molar-refractivity contribution is 0.345. The van der Waals surface area contributed by atoms with Crippen LogP contribution in [0.3, 0.4) is 0 Å². The topological polar surface area (TPSA) is 30.5 Å². The van der Waals surface area contributed by atoms with Crippen LogP contribution in [0.25, 0.3) is 0 Å². The predicted molar refractivity (Wildman–Crippen MR) is 59.2 cm³/mol. The summed E-state index contributed by atoms with van der Waals surface area (Å²) < 4.78 is 11.0. The van der Waals surface area contributed by atoms with Crippen LogP contribution in [-0.2, 0) is 0 Å². The molecule has 1 aromatic rings. The predicted octanol–water partition coefficient (Wildman–Crippen LogP) is 1.95. The van der Waals surface area contributed by atoms with E-state index in [0.717, 1.165) is 36.8 Å². The van der Waals surface area contributed by atoms with Crippen molar-refractivity contribution in [2.45, 2.75) is 6.42 Å². The first-order valence-electron chi connectivity index (χ1n) is 5.11. The molecule has 15 heavy (non-hydrogen) atoms. The Bertz CT molecular complexity index is 360. The third kappa shape index (κ3) is 2.50. The van der Waals surface area contributed by atoms with Crippen molar-refractivity contribution < 1.29 is 9.47 Å². The average Bonchev–Trinajstić information content (AvgIpc) is 2.31. The van der Waals surface area contributed by atoms with Crippen molar-refractivity contribution in [2.24, 2.45) is 0 Å². The van der Waals surface area contributed by atoms with Crippen molar-refractivity contribution >= 4 is 0 Å². The van der Waals surface area contributed by atoms with Crippen LogP contribution in [0.5, 0.6) is 11.5 Å². The van der Waals surface area contributed by atoms with Gasteiger partial charge < -0.3 is 14.8 Å². The molecule has 0 radical (unpaired) electrons. The molecule has 0 bridgehead atoms. The highest BCUT2D eigenvalue weighted by Crippen LogP contribution is 2.28. The van der Waals surface area contributed by atoms with Crippen LogP contribution < -0.4 is 14.8 Å². The molecular formula is C12H15NO2. The summed E-state index contributed by atoms with van der Waals surface area (Å²) in [7, 11) is 1.65. The van der Waals surface area contributed by atoms with Gasteiger partial charge in [0, 0.05) is 19.5 Å². The normalized spacial score (nSPS) is 15.7. The molecule has 0 spiro atoms. The maximum absolute atomic E-state index is 5.77. The third-order valence-electron chi connectivity index (χ3n) is 2.33. The lowest BCUT2D eigenvalue weighted by atomic mass is 10.2. The molecule has 0 unspecified atom stereocenters. The third-order valence-corrected chi connectivity index (χ3v) is 2.33. The van der Waals surface area contributed by atoms with Gasteiger partial charge in [-0.05, 0) is 18.2 Å². The standard InChI is InChI=1S/C12H15NO2/c1-14-11-4-2-3-5-12(11)15-10-6-8-13-9-7-10/h2-6,13H,7-9H2,1H3. The Morgan fingerprint density at radius 3 is 2.67 bits per heavy atom. The number of rotatable bonds is 3. The number of hydrogen-bond donors (Lipinski definition) is 1. The lowest BCUT2D eigenvalue weighted by Gasteiger charge is -2.16. The van der Waals surface area contributed by atoms with Crippen LogP contribution in [0.15, 0.2) is 36.1 Å². The molecule has 80 valence electrons. The van der Waals surface area contributed by atoms with Gasteiger partial charge in [0.2, 0.25) is 0 Å². The fourth-order valence-corrected chi connectivity index (χ4v) is 1.54. The van der Waals surface area contributed by atoms with E-state index in [1.165, 1.54) is 0 Å². The first-order valence-corrected chi connectivity index (χ1v) is 5.11. The van der Waals surface area contributed by atoms with Crippen LogP contribution in [-0.4, -0.2) is 20.2 Å². The summed E-state index contributed by atoms with van der Waals surface area (Å²) >= 11 is 0. The highest BCUT2D eigenvalue weighted by molar-refractivity contribution is 5.40. The van der Waals surface area contributed by atoms with E-state index in [9.17, 15) is 0 Å². The number of para-hydroxylation sites is 2. The number of benzene rings is 1. The first kappa shape index (κ1) is 10.1. The molecule has 0 amide bonds. The van der Waals surface area contributed by atoms with Crippen molar-refractivity contribution in [1.82, 2.24) is 5.32 Å². The van der Waals surface area contributed by atoms with Gasteiger partial charge in [-0.3, -0.25) is 0 Å². The molecule has 2 rings (SSSR count). The molecule has 0 saturated carbocycles. The molecule has 1 aromatic carbocycles. The van der Waals surface area contributed by atoms with Crippen molar-refractivity contribution in [3.05, 3.63) is 36.1 Å². The second-order valence-electron chi connectivity index (χ2n) is 3.38. The molecule has 0 aromatic heterocycles. The quantitative estimate of drug-likeness (QED) is 0.818. The summed E-state index contributed by atoms with van der Waals surface area (Å²) in [6.07, 6.45) is 2.99. The Morgan fingerprint density at radius 2 is 2.00 bits per heavy atom. The zero-order valence-electron chi connectivity index (χ0n) is 8.82. The maximum atomic E-state index is 5.77. The van der Waals surface area contributed by atoms with E-state index in [1.807, 2.05) is 24.3 Å². The smallest absolute Gasteiger partial charge is 0.168 e. The molecular weight excluding hydrogens is 190 g/mol. The molecule has 0 fully saturated rings. The fraction of sp³-hybridized carbons (Fsp3) is 0.333. The van der Waals surface area contributed by atoms with Gasteiger partial charge in [0.05, 0.1) is 7.11 Å². The summed E-state index contributed by atoms with van der Waals surface area (Å²) in [6, 6.07) is 7.70. The van der Waals surface area contributed by atoms with Crippen molar-refractivity contribution in [1.29, 1.82) is 0 Å². The van der Waals surface area contributed by atoms with Gasteiger partial charge in [-0.2, -0.15) is 0 Å². The summed E-state index contributed by atoms with van der Waals surface area (Å²) in [5.74, 6) is 2.57. The fourth-order valence-electron chi connectivity index (χ4n) is 1.54. The van der Waals surface area contributed by atoms with Crippen molar-refractivity contribution in [3.8, 4) is 11.5 Å². The van der Waals surface area contributed by atoms with E-state index in [2.05, 4.69) is 11.4 Å². The van der Waals surface area contributed by atoms with Gasteiger partial charge >= 0.3 is 0 Å². The highest BCUT2D eigenvalue weighted by Gasteiger charge is 2.08. The van der Waals surface area contributed by atoms with E-state index < -0.39 is 0 Å². The number of nitrogens with one attached hydrogen (secondary N) is 1. The minimum absolute atomic E-state index is 0.775. The van der Waals surface area contributed by atoms with Gasteiger partial charge in [0.1, 0.15) is 5.76 Å². The second-order valence-corrected chi connectivity index (χ2v) is 3.38. The van der Waals surface area contributed by atoms with Gasteiger partial charge in [-0.1, -0.05) is 12.1 Å². The average molecular weight is 205 g/mol. The van der Waals surface area contributed by atoms with Crippen LogP contribution >= 0.6 is 0 Å². The van der Waals surface area contributed by atoms with E-state index >= 15 is 0 Å². The van der Waals surface area contributed by atoms with Crippen molar-refractivity contribution in [2.75, 3.05) is 20.2 Å². The van der Waals surface area contributed by atoms with Crippen LogP contribution in [0, 0.1) is 0 Å². The van der Waals surface area contributed by atoms with E-state index in [0.29, 0.717) is 0 Å². The zero-order valence-corrected chi connectivity index (χ0v) is 8.82. The molecule has 0 saturated heterocycles. The molecule has 1 aliphatic rings. The maximum Gasteiger partial charge on any atom is 0.168 e. The van der Waals surface area contributed by atoms with Crippen LogP contribution in [0.4, 0.5) is 0 Å². The van der Waals surface area contributed by atoms with E-state index in [-0.39, 0.29) is 0 Å². The Hall–Kier alpha value is -1.48. The van der Waals surface area contributed by atoms with Crippen LogP contribution in [0.2, 0.25) is 0 Å². The summed E-state index contributed by atoms with van der Waals surface area (Å²) in [5.41, 5.74) is 0. The Balaban J connectivity index is 2.12. The lowest BCUT2D eigenvalue weighted by Crippen LogP contribution is -2.22. The summed E-state index contributed by atoms with van der Waals surface area (Å²) in [6.45, 7) is 1.85. The van der Waals surface area contributed by atoms with E-state index in [4.69, 9.17) is 9.47 Å². The van der Waals surface area contributed by atoms with Crippen LogP contribution in [0.1, 0.15) is 6.42 Å². The monoisotopic (exact) mass is 205 g/mol. The molecule has 1 N–H and O–H groups in total. The van der Waals surface area contributed by atoms with Gasteiger partial charge in [-0.15, -0.1) is 0 Å². The molecule has 0 atom stereocenters. The van der Waals surface area contributed by atoms with Gasteiger partial charge in [0.15, 0.2) is 11.5 Å². The molecule has 3 heteroatoms. The zero-order chi connectivity index (χ0) is 10.5. The molecule has 3 nitrogen and oxygen atoms in total. The minimum atomic E-state index is 0.775. The SMILES string of the molecule is COc1ccccc1OC1=CCNCC1. The highest BCUT2D eigenvalue weighted by atomic mass is 16.5. The molecule has 1 aliphatic heterocycles. The Morgan fingerprint density at radius 1 is 1.20 bits per heavy atom. The van der Waals surface area contributed by atoms with Gasteiger partial charge in [0.25, 0.3) is 0 Å². The molecule has 0 aliphatic carbocycles. The van der Waals surface area contributed by atoms with Gasteiger partial charge in [-0.25, -0.2) is 0 Å². The first-order chi connectivity index (χ1) is 7.40. The molecule has 1 heterocycles. The number of hydrogen-bond acceptors (Lipinski definition) is 3. The Labute approximate surface area is 89.7 Å². The van der Waals surface area contributed by atoms with Crippen molar-refractivity contribution in [3.63, 3.8) is 0 Å². The largest absolute Gasteiger partial charge is 0.493 e. The summed E-state index contributed by atoms with van der Waals surface area (Å²) in [4.78, 5) is 0. The summed E-state index contributed by atoms with van der Waals surface area (Å²) in [5, 5.41) is 3.24. The number of methoxy groups -OCH3 is 1. The van der Waals surface area contributed by atoms with E-state index in [1.54, 1.807) is 7.11 Å². The minimum Gasteiger partial charge on any atom is -0.493 e. The Kier molecular flexibility index (Phi) is 3.25. The number of ether oxygens (including phenoxy) is 2.